The molecule has 0 saturated carbocycles. The van der Waals surface area contributed by atoms with Crippen molar-refractivity contribution in [1.29, 1.82) is 0 Å². The lowest BCUT2D eigenvalue weighted by Crippen LogP contribution is -2.26. The van der Waals surface area contributed by atoms with Crippen LogP contribution in [0.1, 0.15) is 33.1 Å². The SMILES string of the molecule is CCNC(=O)CCC(O)C(C)CCN. The maximum absolute atomic E-state index is 11.1. The summed E-state index contributed by atoms with van der Waals surface area (Å²) in [5.41, 5.74) is 5.38. The molecule has 1 amide bonds. The number of aliphatic hydroxyl groups excluding tert-OH is 1. The Hall–Kier alpha value is -0.610. The fraction of sp³-hybridized carbons (Fsp3) is 0.900. The van der Waals surface area contributed by atoms with Gasteiger partial charge in [-0.3, -0.25) is 4.79 Å². The van der Waals surface area contributed by atoms with Crippen molar-refractivity contribution < 1.29 is 9.90 Å². The first-order chi connectivity index (χ1) is 6.61. The molecule has 0 rings (SSSR count). The molecule has 0 spiro atoms. The van der Waals surface area contributed by atoms with Gasteiger partial charge in [-0.05, 0) is 32.2 Å². The maximum atomic E-state index is 11.1. The van der Waals surface area contributed by atoms with E-state index in [1.165, 1.54) is 0 Å². The summed E-state index contributed by atoms with van der Waals surface area (Å²) < 4.78 is 0. The van der Waals surface area contributed by atoms with Crippen molar-refractivity contribution in [2.45, 2.75) is 39.2 Å². The largest absolute Gasteiger partial charge is 0.393 e. The fourth-order valence-electron chi connectivity index (χ4n) is 1.30. The lowest BCUT2D eigenvalue weighted by Gasteiger charge is -2.17. The van der Waals surface area contributed by atoms with Crippen LogP contribution >= 0.6 is 0 Å². The lowest BCUT2D eigenvalue weighted by atomic mass is 9.97. The van der Waals surface area contributed by atoms with E-state index in [1.54, 1.807) is 0 Å². The minimum atomic E-state index is -0.416. The summed E-state index contributed by atoms with van der Waals surface area (Å²) in [6.45, 7) is 5.06. The Kier molecular flexibility index (Phi) is 7.42. The highest BCUT2D eigenvalue weighted by Gasteiger charge is 2.14. The van der Waals surface area contributed by atoms with E-state index in [4.69, 9.17) is 5.73 Å². The monoisotopic (exact) mass is 202 g/mol. The third-order valence-electron chi connectivity index (χ3n) is 2.32. The number of aliphatic hydroxyl groups is 1. The number of nitrogens with two attached hydrogens (primary N) is 1. The van der Waals surface area contributed by atoms with Crippen LogP contribution in [0.15, 0.2) is 0 Å². The molecule has 4 N–H and O–H groups in total. The van der Waals surface area contributed by atoms with Crippen molar-refractivity contribution in [3.05, 3.63) is 0 Å². The summed E-state index contributed by atoms with van der Waals surface area (Å²) in [4.78, 5) is 11.1. The molecule has 4 nitrogen and oxygen atoms in total. The van der Waals surface area contributed by atoms with Crippen molar-refractivity contribution >= 4 is 5.91 Å². The number of carbonyl (C=O) groups excluding carboxylic acids is 1. The van der Waals surface area contributed by atoms with E-state index >= 15 is 0 Å². The molecule has 0 heterocycles. The number of carbonyl (C=O) groups is 1. The average molecular weight is 202 g/mol. The zero-order valence-corrected chi connectivity index (χ0v) is 9.12. The second kappa shape index (κ2) is 7.76. The Morgan fingerprint density at radius 2 is 2.14 bits per heavy atom. The van der Waals surface area contributed by atoms with Gasteiger partial charge in [-0.15, -0.1) is 0 Å². The standard InChI is InChI=1S/C10H22N2O2/c1-3-12-10(14)5-4-9(13)8(2)6-7-11/h8-9,13H,3-7,11H2,1-2H3,(H,12,14). The van der Waals surface area contributed by atoms with Gasteiger partial charge in [-0.1, -0.05) is 6.92 Å². The maximum Gasteiger partial charge on any atom is 0.220 e. The van der Waals surface area contributed by atoms with Gasteiger partial charge in [0.1, 0.15) is 0 Å². The number of rotatable bonds is 7. The summed E-state index contributed by atoms with van der Waals surface area (Å²) in [6.07, 6.45) is 1.30. The molecule has 0 aromatic rings. The topological polar surface area (TPSA) is 75.3 Å². The fourth-order valence-corrected chi connectivity index (χ4v) is 1.30. The Morgan fingerprint density at radius 3 is 2.64 bits per heavy atom. The van der Waals surface area contributed by atoms with Crippen LogP contribution in [0.25, 0.3) is 0 Å². The smallest absolute Gasteiger partial charge is 0.220 e. The lowest BCUT2D eigenvalue weighted by molar-refractivity contribution is -0.121. The normalized spacial score (nSPS) is 14.9. The Bertz CT molecular complexity index is 162. The van der Waals surface area contributed by atoms with Crippen molar-refractivity contribution in [1.82, 2.24) is 5.32 Å². The molecule has 2 atom stereocenters. The molecule has 14 heavy (non-hydrogen) atoms. The molecule has 0 radical (unpaired) electrons. The van der Waals surface area contributed by atoms with Crippen molar-refractivity contribution in [3.8, 4) is 0 Å². The molecular formula is C10H22N2O2. The van der Waals surface area contributed by atoms with Gasteiger partial charge in [0.25, 0.3) is 0 Å². The van der Waals surface area contributed by atoms with Gasteiger partial charge in [0.05, 0.1) is 6.10 Å². The third kappa shape index (κ3) is 5.94. The summed E-state index contributed by atoms with van der Waals surface area (Å²) in [6, 6.07) is 0. The summed E-state index contributed by atoms with van der Waals surface area (Å²) in [5.74, 6) is 0.181. The van der Waals surface area contributed by atoms with Crippen LogP contribution in [0.2, 0.25) is 0 Å². The van der Waals surface area contributed by atoms with Crippen LogP contribution in [0.3, 0.4) is 0 Å². The molecule has 0 aliphatic carbocycles. The Labute approximate surface area is 85.9 Å². The summed E-state index contributed by atoms with van der Waals surface area (Å²) in [5, 5.41) is 12.3. The van der Waals surface area contributed by atoms with Crippen LogP contribution in [0.5, 0.6) is 0 Å². The van der Waals surface area contributed by atoms with E-state index < -0.39 is 6.10 Å². The molecule has 4 heteroatoms. The van der Waals surface area contributed by atoms with Crippen LogP contribution in [0, 0.1) is 5.92 Å². The van der Waals surface area contributed by atoms with E-state index in [1.807, 2.05) is 13.8 Å². The van der Waals surface area contributed by atoms with Gasteiger partial charge in [-0.25, -0.2) is 0 Å². The molecule has 2 unspecified atom stereocenters. The number of amides is 1. The highest BCUT2D eigenvalue weighted by atomic mass is 16.3. The predicted octanol–water partition coefficient (Wildman–Crippen LogP) is 0.249. The summed E-state index contributed by atoms with van der Waals surface area (Å²) >= 11 is 0. The zero-order valence-electron chi connectivity index (χ0n) is 9.12. The first kappa shape index (κ1) is 13.4. The molecule has 0 aromatic carbocycles. The number of nitrogens with one attached hydrogen (secondary N) is 1. The van der Waals surface area contributed by atoms with Gasteiger partial charge in [0.2, 0.25) is 5.91 Å². The van der Waals surface area contributed by atoms with Gasteiger partial charge < -0.3 is 16.2 Å². The second-order valence-electron chi connectivity index (χ2n) is 3.61. The third-order valence-corrected chi connectivity index (χ3v) is 2.32. The minimum Gasteiger partial charge on any atom is -0.393 e. The Balaban J connectivity index is 3.61. The van der Waals surface area contributed by atoms with E-state index in [9.17, 15) is 9.90 Å². The second-order valence-corrected chi connectivity index (χ2v) is 3.61. The molecule has 0 aliphatic heterocycles. The van der Waals surface area contributed by atoms with Gasteiger partial charge in [0, 0.05) is 13.0 Å². The number of hydrogen-bond donors (Lipinski definition) is 3. The average Bonchev–Trinajstić information content (AvgIpc) is 2.15. The van der Waals surface area contributed by atoms with E-state index in [0.717, 1.165) is 6.42 Å². The molecule has 0 bridgehead atoms. The molecule has 0 fully saturated rings. The zero-order chi connectivity index (χ0) is 11.0. The highest BCUT2D eigenvalue weighted by molar-refractivity contribution is 5.75. The van der Waals surface area contributed by atoms with E-state index in [2.05, 4.69) is 5.32 Å². The van der Waals surface area contributed by atoms with Gasteiger partial charge >= 0.3 is 0 Å². The highest BCUT2D eigenvalue weighted by Crippen LogP contribution is 2.11. The first-order valence-electron chi connectivity index (χ1n) is 5.26. The molecule has 0 aromatic heterocycles. The van der Waals surface area contributed by atoms with Crippen LogP contribution in [-0.2, 0) is 4.79 Å². The predicted molar refractivity (Wildman–Crippen MR) is 56.8 cm³/mol. The van der Waals surface area contributed by atoms with Crippen LogP contribution < -0.4 is 11.1 Å². The van der Waals surface area contributed by atoms with E-state index in [-0.39, 0.29) is 11.8 Å². The molecule has 84 valence electrons. The van der Waals surface area contributed by atoms with Gasteiger partial charge in [-0.2, -0.15) is 0 Å². The minimum absolute atomic E-state index is 0.00602. The molecule has 0 saturated heterocycles. The summed E-state index contributed by atoms with van der Waals surface area (Å²) in [7, 11) is 0. The molecular weight excluding hydrogens is 180 g/mol. The van der Waals surface area contributed by atoms with E-state index in [0.29, 0.717) is 25.9 Å². The van der Waals surface area contributed by atoms with Crippen LogP contribution in [0.4, 0.5) is 0 Å². The number of hydrogen-bond acceptors (Lipinski definition) is 3. The molecule has 0 aliphatic rings. The van der Waals surface area contributed by atoms with Gasteiger partial charge in [0.15, 0.2) is 0 Å². The quantitative estimate of drug-likeness (QED) is 0.554. The van der Waals surface area contributed by atoms with Crippen molar-refractivity contribution in [2.24, 2.45) is 11.7 Å². The first-order valence-corrected chi connectivity index (χ1v) is 5.26. The van der Waals surface area contributed by atoms with Crippen LogP contribution in [-0.4, -0.2) is 30.2 Å². The Morgan fingerprint density at radius 1 is 1.50 bits per heavy atom. The van der Waals surface area contributed by atoms with Crippen molar-refractivity contribution in [2.75, 3.05) is 13.1 Å². The van der Waals surface area contributed by atoms with Crippen molar-refractivity contribution in [3.63, 3.8) is 0 Å².